The van der Waals surface area contributed by atoms with E-state index in [1.165, 1.54) is 19.3 Å². The fourth-order valence-electron chi connectivity index (χ4n) is 3.15. The van der Waals surface area contributed by atoms with Gasteiger partial charge in [0, 0.05) is 17.9 Å². The highest BCUT2D eigenvalue weighted by Crippen LogP contribution is 2.46. The van der Waals surface area contributed by atoms with Crippen molar-refractivity contribution in [2.45, 2.75) is 50.0 Å². The molecule has 1 spiro atoms. The normalized spacial score (nSPS) is 24.7. The number of hydrogen-bond acceptors (Lipinski definition) is 6. The largest absolute Gasteiger partial charge is 0.375 e. The summed E-state index contributed by atoms with van der Waals surface area (Å²) in [4.78, 5) is 8.81. The van der Waals surface area contributed by atoms with E-state index in [9.17, 15) is 0 Å². The highest BCUT2D eigenvalue weighted by atomic mass is 32.1. The molecule has 106 valence electrons. The molecule has 2 aliphatic rings. The van der Waals surface area contributed by atoms with Crippen LogP contribution in [0.15, 0.2) is 15.4 Å². The molecule has 2 aromatic rings. The van der Waals surface area contributed by atoms with Gasteiger partial charge >= 0.3 is 0 Å². The lowest BCUT2D eigenvalue weighted by atomic mass is 9.72. The van der Waals surface area contributed by atoms with Gasteiger partial charge in [-0.15, -0.1) is 11.3 Å². The second-order valence-corrected chi connectivity index (χ2v) is 6.50. The summed E-state index contributed by atoms with van der Waals surface area (Å²) in [5.74, 6) is 1.90. The summed E-state index contributed by atoms with van der Waals surface area (Å²) in [5, 5.41) is 6.19. The third-order valence-electron chi connectivity index (χ3n) is 4.42. The van der Waals surface area contributed by atoms with Crippen LogP contribution in [0, 0.1) is 0 Å². The first kappa shape index (κ1) is 12.5. The van der Waals surface area contributed by atoms with Gasteiger partial charge in [0.2, 0.25) is 5.89 Å². The maximum absolute atomic E-state index is 5.95. The second-order valence-electron chi connectivity index (χ2n) is 5.78. The fraction of sp³-hybridized carbons (Fsp3) is 0.643. The molecule has 1 atom stereocenters. The number of rotatable bonds is 3. The summed E-state index contributed by atoms with van der Waals surface area (Å²) in [6.07, 6.45) is 6.33. The number of thiazole rings is 1. The van der Waals surface area contributed by atoms with Crippen LogP contribution in [-0.4, -0.2) is 27.3 Å². The Balaban J connectivity index is 1.47. The molecule has 1 aliphatic heterocycles. The van der Waals surface area contributed by atoms with Crippen LogP contribution in [0.3, 0.4) is 0 Å². The molecule has 1 saturated heterocycles. The zero-order valence-corrected chi connectivity index (χ0v) is 12.1. The van der Waals surface area contributed by atoms with Gasteiger partial charge in [0.1, 0.15) is 0 Å². The predicted molar refractivity (Wildman–Crippen MR) is 73.7 cm³/mol. The van der Waals surface area contributed by atoms with Crippen molar-refractivity contribution >= 4 is 11.3 Å². The lowest BCUT2D eigenvalue weighted by molar-refractivity contribution is -0.134. The van der Waals surface area contributed by atoms with Crippen LogP contribution < -0.4 is 0 Å². The summed E-state index contributed by atoms with van der Waals surface area (Å²) in [7, 11) is 0. The van der Waals surface area contributed by atoms with Crippen LogP contribution in [0.5, 0.6) is 0 Å². The van der Waals surface area contributed by atoms with Crippen molar-refractivity contribution in [3.63, 3.8) is 0 Å². The van der Waals surface area contributed by atoms with Crippen LogP contribution >= 0.6 is 11.3 Å². The Morgan fingerprint density at radius 3 is 3.10 bits per heavy atom. The zero-order valence-electron chi connectivity index (χ0n) is 11.2. The van der Waals surface area contributed by atoms with Crippen LogP contribution in [-0.2, 0) is 11.2 Å². The maximum atomic E-state index is 5.95. The van der Waals surface area contributed by atoms with Crippen molar-refractivity contribution < 1.29 is 9.26 Å². The van der Waals surface area contributed by atoms with Crippen LogP contribution in [0.25, 0.3) is 0 Å². The number of hydrogen-bond donors (Lipinski definition) is 0. The Hall–Kier alpha value is -1.27. The van der Waals surface area contributed by atoms with Crippen molar-refractivity contribution in [3.8, 4) is 0 Å². The number of ether oxygens (including phenoxy) is 1. The number of nitrogens with zero attached hydrogens (tertiary/aromatic N) is 3. The molecule has 2 fully saturated rings. The molecule has 0 N–H and O–H groups in total. The van der Waals surface area contributed by atoms with E-state index in [1.807, 2.05) is 10.9 Å². The van der Waals surface area contributed by atoms with Gasteiger partial charge in [-0.25, -0.2) is 4.98 Å². The van der Waals surface area contributed by atoms with Crippen LogP contribution in [0.1, 0.15) is 55.4 Å². The highest BCUT2D eigenvalue weighted by Gasteiger charge is 2.43. The van der Waals surface area contributed by atoms with E-state index in [4.69, 9.17) is 9.26 Å². The zero-order chi connectivity index (χ0) is 13.4. The Morgan fingerprint density at radius 2 is 2.35 bits per heavy atom. The second kappa shape index (κ2) is 4.93. The molecular formula is C14H17N3O2S. The third kappa shape index (κ3) is 2.27. The summed E-state index contributed by atoms with van der Waals surface area (Å²) >= 11 is 1.59. The Labute approximate surface area is 121 Å². The minimum atomic E-state index is 0.124. The van der Waals surface area contributed by atoms with Crippen LogP contribution in [0.4, 0.5) is 0 Å². The fourth-order valence-corrected chi connectivity index (χ4v) is 3.71. The lowest BCUT2D eigenvalue weighted by Gasteiger charge is -2.46. The maximum Gasteiger partial charge on any atom is 0.232 e. The molecule has 0 bridgehead atoms. The summed E-state index contributed by atoms with van der Waals surface area (Å²) < 4.78 is 11.3. The first-order chi connectivity index (χ1) is 9.83. The van der Waals surface area contributed by atoms with Gasteiger partial charge in [0.25, 0.3) is 0 Å². The van der Waals surface area contributed by atoms with Gasteiger partial charge in [0.05, 0.1) is 23.2 Å². The Kier molecular flexibility index (Phi) is 3.07. The van der Waals surface area contributed by atoms with E-state index in [0.29, 0.717) is 18.2 Å². The number of aromatic nitrogens is 3. The SMILES string of the molecule is c1nc(Cc2nc(C3CCOC4(CCC4)C3)no2)cs1. The van der Waals surface area contributed by atoms with Gasteiger partial charge in [0.15, 0.2) is 5.82 Å². The predicted octanol–water partition coefficient (Wildman–Crippen LogP) is 2.93. The van der Waals surface area contributed by atoms with Gasteiger partial charge < -0.3 is 9.26 Å². The molecule has 0 amide bonds. The summed E-state index contributed by atoms with van der Waals surface area (Å²) in [6.45, 7) is 0.820. The molecule has 6 heteroatoms. The lowest BCUT2D eigenvalue weighted by Crippen LogP contribution is -2.45. The van der Waals surface area contributed by atoms with Crippen molar-refractivity contribution in [2.75, 3.05) is 6.61 Å². The van der Waals surface area contributed by atoms with Gasteiger partial charge in [-0.05, 0) is 32.1 Å². The molecule has 1 saturated carbocycles. The van der Waals surface area contributed by atoms with Crippen molar-refractivity contribution in [1.29, 1.82) is 0 Å². The van der Waals surface area contributed by atoms with Crippen LogP contribution in [0.2, 0.25) is 0 Å². The molecule has 20 heavy (non-hydrogen) atoms. The van der Waals surface area contributed by atoms with Crippen molar-refractivity contribution in [3.05, 3.63) is 28.3 Å². The van der Waals surface area contributed by atoms with E-state index in [-0.39, 0.29) is 5.60 Å². The van der Waals surface area contributed by atoms with E-state index in [2.05, 4.69) is 15.1 Å². The first-order valence-electron chi connectivity index (χ1n) is 7.17. The average molecular weight is 291 g/mol. The van der Waals surface area contributed by atoms with E-state index >= 15 is 0 Å². The average Bonchev–Trinajstić information content (AvgIpc) is 3.09. The van der Waals surface area contributed by atoms with Gasteiger partial charge in [-0.1, -0.05) is 5.16 Å². The van der Waals surface area contributed by atoms with Crippen molar-refractivity contribution in [1.82, 2.24) is 15.1 Å². The monoisotopic (exact) mass is 291 g/mol. The summed E-state index contributed by atoms with van der Waals surface area (Å²) in [6, 6.07) is 0. The van der Waals surface area contributed by atoms with E-state index in [1.54, 1.807) is 11.3 Å². The molecule has 4 rings (SSSR count). The highest BCUT2D eigenvalue weighted by molar-refractivity contribution is 7.07. The minimum absolute atomic E-state index is 0.124. The quantitative estimate of drug-likeness (QED) is 0.870. The molecule has 3 heterocycles. The van der Waals surface area contributed by atoms with Gasteiger partial charge in [-0.3, -0.25) is 0 Å². The minimum Gasteiger partial charge on any atom is -0.375 e. The Morgan fingerprint density at radius 1 is 1.40 bits per heavy atom. The molecule has 1 unspecified atom stereocenters. The molecule has 1 aliphatic carbocycles. The molecule has 0 radical (unpaired) electrons. The molecule has 0 aromatic carbocycles. The van der Waals surface area contributed by atoms with Gasteiger partial charge in [-0.2, -0.15) is 4.98 Å². The first-order valence-corrected chi connectivity index (χ1v) is 8.11. The Bertz CT molecular complexity index is 577. The smallest absolute Gasteiger partial charge is 0.232 e. The molecule has 5 nitrogen and oxygen atoms in total. The topological polar surface area (TPSA) is 61.0 Å². The standard InChI is InChI=1S/C14H17N3O2S/c1-3-14(4-1)7-10(2-5-18-14)13-16-12(19-17-13)6-11-8-20-9-15-11/h8-10H,1-7H2. The molecular weight excluding hydrogens is 274 g/mol. The van der Waals surface area contributed by atoms with Crippen molar-refractivity contribution in [2.24, 2.45) is 0 Å². The third-order valence-corrected chi connectivity index (χ3v) is 5.06. The van der Waals surface area contributed by atoms with E-state index in [0.717, 1.165) is 31.0 Å². The molecule has 2 aromatic heterocycles. The van der Waals surface area contributed by atoms with E-state index < -0.39 is 0 Å². The summed E-state index contributed by atoms with van der Waals surface area (Å²) in [5.41, 5.74) is 2.94.